The number of aryl methyl sites for hydroxylation is 1. The Balaban J connectivity index is 1.81. The first-order valence-corrected chi connectivity index (χ1v) is 7.81. The Hall–Kier alpha value is -3.58. The van der Waals surface area contributed by atoms with E-state index in [1.807, 2.05) is 67.6 Å². The quantitative estimate of drug-likeness (QED) is 0.552. The van der Waals surface area contributed by atoms with Crippen molar-refractivity contribution in [3.63, 3.8) is 0 Å². The van der Waals surface area contributed by atoms with Gasteiger partial charge in [0, 0.05) is 17.3 Å². The molecule has 0 aliphatic rings. The van der Waals surface area contributed by atoms with Crippen LogP contribution in [0, 0.1) is 18.3 Å². The molecule has 3 rings (SSSR count). The predicted molar refractivity (Wildman–Crippen MR) is 97.5 cm³/mol. The van der Waals surface area contributed by atoms with Gasteiger partial charge in [-0.2, -0.15) is 5.26 Å². The minimum Gasteiger partial charge on any atom is -0.457 e. The largest absolute Gasteiger partial charge is 0.457 e. The number of hydrogen-bond donors (Lipinski definition) is 1. The van der Waals surface area contributed by atoms with Gasteiger partial charge in [-0.15, -0.1) is 0 Å². The fourth-order valence-corrected chi connectivity index (χ4v) is 2.38. The Labute approximate surface area is 146 Å². The molecule has 0 saturated heterocycles. The molecule has 0 bridgehead atoms. The van der Waals surface area contributed by atoms with E-state index in [4.69, 9.17) is 4.42 Å². The Morgan fingerprint density at radius 2 is 1.76 bits per heavy atom. The summed E-state index contributed by atoms with van der Waals surface area (Å²) in [5.74, 6) is 0.674. The molecule has 0 unspecified atom stereocenters. The molecule has 0 spiro atoms. The van der Waals surface area contributed by atoms with Gasteiger partial charge < -0.3 is 9.73 Å². The summed E-state index contributed by atoms with van der Waals surface area (Å²) in [5.41, 5.74) is 2.53. The third-order valence-electron chi connectivity index (χ3n) is 3.73. The molecule has 0 saturated carbocycles. The normalized spacial score (nSPS) is 11.0. The summed E-state index contributed by atoms with van der Waals surface area (Å²) in [4.78, 5) is 12.3. The van der Waals surface area contributed by atoms with Gasteiger partial charge in [0.25, 0.3) is 5.91 Å². The molecule has 4 heteroatoms. The molecule has 3 aromatic rings. The average Bonchev–Trinajstić information content (AvgIpc) is 3.11. The van der Waals surface area contributed by atoms with Crippen molar-refractivity contribution in [2.45, 2.75) is 6.92 Å². The van der Waals surface area contributed by atoms with Crippen LogP contribution in [0.1, 0.15) is 11.3 Å². The van der Waals surface area contributed by atoms with Crippen molar-refractivity contribution in [1.29, 1.82) is 5.26 Å². The minimum absolute atomic E-state index is 0.0165. The molecule has 122 valence electrons. The molecule has 1 aromatic heterocycles. The lowest BCUT2D eigenvalue weighted by molar-refractivity contribution is -0.112. The number of hydrogen-bond acceptors (Lipinski definition) is 3. The summed E-state index contributed by atoms with van der Waals surface area (Å²) in [6.45, 7) is 1.89. The summed E-state index contributed by atoms with van der Waals surface area (Å²) >= 11 is 0. The van der Waals surface area contributed by atoms with Crippen LogP contribution < -0.4 is 5.32 Å². The van der Waals surface area contributed by atoms with E-state index in [1.54, 1.807) is 12.1 Å². The molecule has 1 amide bonds. The number of nitriles is 1. The van der Waals surface area contributed by atoms with Gasteiger partial charge >= 0.3 is 0 Å². The summed E-state index contributed by atoms with van der Waals surface area (Å²) in [7, 11) is 0. The zero-order valence-corrected chi connectivity index (χ0v) is 13.7. The third-order valence-corrected chi connectivity index (χ3v) is 3.73. The van der Waals surface area contributed by atoms with Crippen LogP contribution in [0.15, 0.2) is 76.7 Å². The highest BCUT2D eigenvalue weighted by Crippen LogP contribution is 2.23. The number of amides is 1. The molecule has 0 fully saturated rings. The highest BCUT2D eigenvalue weighted by Gasteiger charge is 2.12. The second-order valence-corrected chi connectivity index (χ2v) is 5.51. The third kappa shape index (κ3) is 3.85. The first-order chi connectivity index (χ1) is 12.2. The van der Waals surface area contributed by atoms with Crippen molar-refractivity contribution in [3.05, 3.63) is 83.6 Å². The summed E-state index contributed by atoms with van der Waals surface area (Å²) in [6, 6.07) is 22.5. The highest BCUT2D eigenvalue weighted by molar-refractivity contribution is 6.09. The number of rotatable bonds is 4. The van der Waals surface area contributed by atoms with Gasteiger partial charge in [-0.25, -0.2) is 0 Å². The number of anilines is 1. The Morgan fingerprint density at radius 3 is 2.48 bits per heavy atom. The molecule has 2 aromatic carbocycles. The van der Waals surface area contributed by atoms with E-state index in [0.717, 1.165) is 11.1 Å². The van der Waals surface area contributed by atoms with Crippen LogP contribution in [0.4, 0.5) is 5.69 Å². The van der Waals surface area contributed by atoms with Crippen molar-refractivity contribution in [2.24, 2.45) is 0 Å². The molecule has 4 nitrogen and oxygen atoms in total. The van der Waals surface area contributed by atoms with Crippen molar-refractivity contribution < 1.29 is 9.21 Å². The maximum absolute atomic E-state index is 12.3. The van der Waals surface area contributed by atoms with Crippen LogP contribution >= 0.6 is 0 Å². The minimum atomic E-state index is -0.463. The average molecular weight is 328 g/mol. The van der Waals surface area contributed by atoms with Crippen LogP contribution in [-0.2, 0) is 4.79 Å². The van der Waals surface area contributed by atoms with Crippen LogP contribution in [0.3, 0.4) is 0 Å². The van der Waals surface area contributed by atoms with Gasteiger partial charge in [-0.05, 0) is 30.7 Å². The maximum atomic E-state index is 12.3. The van der Waals surface area contributed by atoms with E-state index in [1.165, 1.54) is 6.08 Å². The second kappa shape index (κ2) is 7.33. The first-order valence-electron chi connectivity index (χ1n) is 7.81. The fraction of sp³-hybridized carbons (Fsp3) is 0.0476. The van der Waals surface area contributed by atoms with E-state index in [-0.39, 0.29) is 5.57 Å². The van der Waals surface area contributed by atoms with Gasteiger partial charge in [0.2, 0.25) is 0 Å². The lowest BCUT2D eigenvalue weighted by Crippen LogP contribution is -2.14. The van der Waals surface area contributed by atoms with Gasteiger partial charge in [-0.3, -0.25) is 4.79 Å². The standard InChI is InChI=1S/C21H16N2O2/c1-15-7-5-6-10-19(15)23-21(24)17(14-22)13-18-11-12-20(25-18)16-8-3-2-4-9-16/h2-13H,1H3,(H,23,24)/b17-13+. The SMILES string of the molecule is Cc1ccccc1NC(=O)/C(C#N)=C/c1ccc(-c2ccccc2)o1. The van der Waals surface area contributed by atoms with Crippen molar-refractivity contribution in [1.82, 2.24) is 0 Å². The first kappa shape index (κ1) is 16.3. The lowest BCUT2D eigenvalue weighted by atomic mass is 10.1. The molecular formula is C21H16N2O2. The number of benzene rings is 2. The summed E-state index contributed by atoms with van der Waals surface area (Å²) in [5, 5.41) is 12.1. The molecule has 1 N–H and O–H groups in total. The smallest absolute Gasteiger partial charge is 0.266 e. The maximum Gasteiger partial charge on any atom is 0.266 e. The fourth-order valence-electron chi connectivity index (χ4n) is 2.38. The number of carbonyl (C=O) groups is 1. The summed E-state index contributed by atoms with van der Waals surface area (Å²) in [6.07, 6.45) is 1.44. The predicted octanol–water partition coefficient (Wildman–Crippen LogP) is 4.80. The monoisotopic (exact) mass is 328 g/mol. The molecule has 0 radical (unpaired) electrons. The molecule has 25 heavy (non-hydrogen) atoms. The van der Waals surface area contributed by atoms with E-state index < -0.39 is 5.91 Å². The molecule has 0 atom stereocenters. The van der Waals surface area contributed by atoms with Gasteiger partial charge in [0.15, 0.2) is 0 Å². The molecule has 1 heterocycles. The number of nitrogens with zero attached hydrogens (tertiary/aromatic N) is 1. The van der Waals surface area contributed by atoms with Crippen molar-refractivity contribution in [2.75, 3.05) is 5.32 Å². The number of nitrogens with one attached hydrogen (secondary N) is 1. The highest BCUT2D eigenvalue weighted by atomic mass is 16.3. The van der Waals surface area contributed by atoms with Gasteiger partial charge in [0.05, 0.1) is 0 Å². The number of carbonyl (C=O) groups excluding carboxylic acids is 1. The van der Waals surface area contributed by atoms with Crippen LogP contribution in [-0.4, -0.2) is 5.91 Å². The van der Waals surface area contributed by atoms with Crippen molar-refractivity contribution in [3.8, 4) is 17.4 Å². The number of furan rings is 1. The van der Waals surface area contributed by atoms with Gasteiger partial charge in [0.1, 0.15) is 23.2 Å². The zero-order chi connectivity index (χ0) is 17.6. The van der Waals surface area contributed by atoms with E-state index >= 15 is 0 Å². The van der Waals surface area contributed by atoms with E-state index in [2.05, 4.69) is 5.32 Å². The van der Waals surface area contributed by atoms with E-state index in [0.29, 0.717) is 17.2 Å². The topological polar surface area (TPSA) is 66.0 Å². The molecule has 0 aliphatic carbocycles. The van der Waals surface area contributed by atoms with E-state index in [9.17, 15) is 10.1 Å². The Kier molecular flexibility index (Phi) is 4.77. The Bertz CT molecular complexity index is 963. The van der Waals surface area contributed by atoms with Crippen LogP contribution in [0.5, 0.6) is 0 Å². The Morgan fingerprint density at radius 1 is 1.04 bits per heavy atom. The lowest BCUT2D eigenvalue weighted by Gasteiger charge is -2.06. The zero-order valence-electron chi connectivity index (χ0n) is 13.7. The second-order valence-electron chi connectivity index (χ2n) is 5.51. The van der Waals surface area contributed by atoms with Crippen molar-refractivity contribution >= 4 is 17.7 Å². The molecule has 0 aliphatic heterocycles. The number of para-hydroxylation sites is 1. The summed E-state index contributed by atoms with van der Waals surface area (Å²) < 4.78 is 5.72. The van der Waals surface area contributed by atoms with Crippen LogP contribution in [0.25, 0.3) is 17.4 Å². The van der Waals surface area contributed by atoms with Crippen LogP contribution in [0.2, 0.25) is 0 Å². The van der Waals surface area contributed by atoms with Gasteiger partial charge in [-0.1, -0.05) is 48.5 Å². The molecular weight excluding hydrogens is 312 g/mol.